The molecule has 1 amide bonds. The van der Waals surface area contributed by atoms with Crippen molar-refractivity contribution in [2.45, 2.75) is 13.0 Å². The third kappa shape index (κ3) is 4.42. The van der Waals surface area contributed by atoms with Gasteiger partial charge in [-0.15, -0.1) is 0 Å². The summed E-state index contributed by atoms with van der Waals surface area (Å²) >= 11 is 0. The van der Waals surface area contributed by atoms with E-state index in [0.717, 1.165) is 5.69 Å². The van der Waals surface area contributed by atoms with E-state index in [2.05, 4.69) is 10.6 Å². The molecule has 1 aromatic carbocycles. The quantitative estimate of drug-likeness (QED) is 0.568. The number of hydrogen-bond donors (Lipinski definition) is 4. The molecule has 17 heavy (non-hydrogen) atoms. The molecule has 5 heteroatoms. The zero-order valence-electron chi connectivity index (χ0n) is 9.94. The zero-order valence-corrected chi connectivity index (χ0v) is 9.94. The van der Waals surface area contributed by atoms with E-state index in [1.165, 1.54) is 0 Å². The SMILES string of the molecule is CC(CN)Nc1ccc(C(=O)NCCO)cc1. The van der Waals surface area contributed by atoms with Crippen LogP contribution in [0, 0.1) is 0 Å². The van der Waals surface area contributed by atoms with Crippen LogP contribution in [0.2, 0.25) is 0 Å². The average Bonchev–Trinajstić information content (AvgIpc) is 2.36. The van der Waals surface area contributed by atoms with Crippen molar-refractivity contribution in [1.82, 2.24) is 5.32 Å². The molecule has 0 aliphatic heterocycles. The largest absolute Gasteiger partial charge is 0.395 e. The molecule has 1 unspecified atom stereocenters. The van der Waals surface area contributed by atoms with Crippen LogP contribution < -0.4 is 16.4 Å². The molecule has 0 saturated heterocycles. The Balaban J connectivity index is 2.58. The summed E-state index contributed by atoms with van der Waals surface area (Å²) < 4.78 is 0. The lowest BCUT2D eigenvalue weighted by Crippen LogP contribution is -2.26. The number of anilines is 1. The van der Waals surface area contributed by atoms with Gasteiger partial charge < -0.3 is 21.5 Å². The van der Waals surface area contributed by atoms with Crippen LogP contribution in [0.1, 0.15) is 17.3 Å². The van der Waals surface area contributed by atoms with Gasteiger partial charge >= 0.3 is 0 Å². The van der Waals surface area contributed by atoms with Gasteiger partial charge in [-0.2, -0.15) is 0 Å². The lowest BCUT2D eigenvalue weighted by molar-refractivity contribution is 0.0945. The minimum Gasteiger partial charge on any atom is -0.395 e. The molecule has 0 fully saturated rings. The Morgan fingerprint density at radius 3 is 2.59 bits per heavy atom. The predicted molar refractivity (Wildman–Crippen MR) is 68.0 cm³/mol. The Morgan fingerprint density at radius 1 is 1.41 bits per heavy atom. The topological polar surface area (TPSA) is 87.4 Å². The van der Waals surface area contributed by atoms with Crippen LogP contribution >= 0.6 is 0 Å². The van der Waals surface area contributed by atoms with Crippen molar-refractivity contribution in [3.63, 3.8) is 0 Å². The van der Waals surface area contributed by atoms with Crippen molar-refractivity contribution >= 4 is 11.6 Å². The van der Waals surface area contributed by atoms with Gasteiger partial charge in [-0.3, -0.25) is 4.79 Å². The first kappa shape index (κ1) is 13.5. The molecule has 1 rings (SSSR count). The third-order valence-corrected chi connectivity index (χ3v) is 2.31. The highest BCUT2D eigenvalue weighted by molar-refractivity contribution is 5.94. The number of aliphatic hydroxyl groups is 1. The summed E-state index contributed by atoms with van der Waals surface area (Å²) in [6, 6.07) is 7.33. The normalized spacial score (nSPS) is 11.9. The number of benzene rings is 1. The van der Waals surface area contributed by atoms with E-state index in [-0.39, 0.29) is 25.1 Å². The molecule has 0 aliphatic rings. The average molecular weight is 237 g/mol. The van der Waals surface area contributed by atoms with Gasteiger partial charge in [-0.05, 0) is 31.2 Å². The molecule has 1 atom stereocenters. The summed E-state index contributed by atoms with van der Waals surface area (Å²) in [5.41, 5.74) is 7.01. The maximum absolute atomic E-state index is 11.5. The second-order valence-electron chi connectivity index (χ2n) is 3.84. The fourth-order valence-corrected chi connectivity index (χ4v) is 1.33. The number of nitrogens with one attached hydrogen (secondary N) is 2. The van der Waals surface area contributed by atoms with Crippen LogP contribution in [-0.4, -0.2) is 36.8 Å². The molecular weight excluding hydrogens is 218 g/mol. The lowest BCUT2D eigenvalue weighted by Gasteiger charge is -2.13. The number of hydrogen-bond acceptors (Lipinski definition) is 4. The molecular formula is C12H19N3O2. The molecule has 0 spiro atoms. The van der Waals surface area contributed by atoms with E-state index in [0.29, 0.717) is 12.1 Å². The monoisotopic (exact) mass is 237 g/mol. The van der Waals surface area contributed by atoms with Gasteiger partial charge in [-0.25, -0.2) is 0 Å². The fraction of sp³-hybridized carbons (Fsp3) is 0.417. The molecule has 0 heterocycles. The number of aliphatic hydroxyl groups excluding tert-OH is 1. The maximum Gasteiger partial charge on any atom is 0.251 e. The van der Waals surface area contributed by atoms with Crippen LogP contribution in [0.15, 0.2) is 24.3 Å². The van der Waals surface area contributed by atoms with Crippen molar-refractivity contribution < 1.29 is 9.90 Å². The smallest absolute Gasteiger partial charge is 0.251 e. The molecule has 5 nitrogen and oxygen atoms in total. The lowest BCUT2D eigenvalue weighted by atomic mass is 10.2. The highest BCUT2D eigenvalue weighted by Gasteiger charge is 2.04. The Bertz CT molecular complexity index is 351. The first-order chi connectivity index (χ1) is 8.17. The zero-order chi connectivity index (χ0) is 12.7. The number of carbonyl (C=O) groups excluding carboxylic acids is 1. The second-order valence-corrected chi connectivity index (χ2v) is 3.84. The molecule has 94 valence electrons. The molecule has 0 aliphatic carbocycles. The number of rotatable bonds is 6. The first-order valence-electron chi connectivity index (χ1n) is 5.63. The summed E-state index contributed by atoms with van der Waals surface area (Å²) in [7, 11) is 0. The first-order valence-corrected chi connectivity index (χ1v) is 5.63. The summed E-state index contributed by atoms with van der Waals surface area (Å²) in [5.74, 6) is -0.183. The van der Waals surface area contributed by atoms with E-state index in [1.54, 1.807) is 12.1 Å². The molecule has 5 N–H and O–H groups in total. The number of amides is 1. The van der Waals surface area contributed by atoms with Crippen LogP contribution in [-0.2, 0) is 0 Å². The molecule has 0 bridgehead atoms. The molecule has 0 aromatic heterocycles. The Labute approximate surface area is 101 Å². The minimum absolute atomic E-state index is 0.0562. The van der Waals surface area contributed by atoms with Crippen LogP contribution in [0.4, 0.5) is 5.69 Å². The third-order valence-electron chi connectivity index (χ3n) is 2.31. The summed E-state index contributed by atoms with van der Waals surface area (Å²) in [6.07, 6.45) is 0. The van der Waals surface area contributed by atoms with Crippen molar-refractivity contribution in [2.24, 2.45) is 5.73 Å². The summed E-state index contributed by atoms with van der Waals surface area (Å²) in [6.45, 7) is 2.75. The Morgan fingerprint density at radius 2 is 2.06 bits per heavy atom. The highest BCUT2D eigenvalue weighted by Crippen LogP contribution is 2.10. The fourth-order valence-electron chi connectivity index (χ4n) is 1.33. The molecule has 1 aromatic rings. The number of carbonyl (C=O) groups is 1. The second kappa shape index (κ2) is 6.88. The maximum atomic E-state index is 11.5. The molecule has 0 saturated carbocycles. The Hall–Kier alpha value is -1.59. The van der Waals surface area contributed by atoms with Gasteiger partial charge in [0.1, 0.15) is 0 Å². The highest BCUT2D eigenvalue weighted by atomic mass is 16.3. The number of nitrogens with two attached hydrogens (primary N) is 1. The van der Waals surface area contributed by atoms with Gasteiger partial charge in [-0.1, -0.05) is 0 Å². The molecule has 0 radical (unpaired) electrons. The Kier molecular flexibility index (Phi) is 5.45. The van der Waals surface area contributed by atoms with E-state index >= 15 is 0 Å². The van der Waals surface area contributed by atoms with E-state index in [4.69, 9.17) is 10.8 Å². The van der Waals surface area contributed by atoms with E-state index in [1.807, 2.05) is 19.1 Å². The van der Waals surface area contributed by atoms with Gasteiger partial charge in [0, 0.05) is 30.4 Å². The van der Waals surface area contributed by atoms with Gasteiger partial charge in [0.25, 0.3) is 5.91 Å². The van der Waals surface area contributed by atoms with E-state index < -0.39 is 0 Å². The van der Waals surface area contributed by atoms with E-state index in [9.17, 15) is 4.79 Å². The van der Waals surface area contributed by atoms with Crippen molar-refractivity contribution in [2.75, 3.05) is 25.0 Å². The minimum atomic E-state index is -0.183. The van der Waals surface area contributed by atoms with Gasteiger partial charge in [0.05, 0.1) is 6.61 Å². The van der Waals surface area contributed by atoms with Crippen molar-refractivity contribution in [1.29, 1.82) is 0 Å². The standard InChI is InChI=1S/C12H19N3O2/c1-9(8-13)15-11-4-2-10(3-5-11)12(17)14-6-7-16/h2-5,9,15-16H,6-8,13H2,1H3,(H,14,17). The van der Waals surface area contributed by atoms with Crippen LogP contribution in [0.25, 0.3) is 0 Å². The van der Waals surface area contributed by atoms with Crippen LogP contribution in [0.3, 0.4) is 0 Å². The summed E-state index contributed by atoms with van der Waals surface area (Å²) in [5, 5.41) is 14.4. The van der Waals surface area contributed by atoms with Gasteiger partial charge in [0.2, 0.25) is 0 Å². The van der Waals surface area contributed by atoms with Crippen molar-refractivity contribution in [3.05, 3.63) is 29.8 Å². The predicted octanol–water partition coefficient (Wildman–Crippen LogP) is 0.168. The summed E-state index contributed by atoms with van der Waals surface area (Å²) in [4.78, 5) is 11.5. The van der Waals surface area contributed by atoms with Crippen LogP contribution in [0.5, 0.6) is 0 Å². The van der Waals surface area contributed by atoms with Crippen molar-refractivity contribution in [3.8, 4) is 0 Å². The van der Waals surface area contributed by atoms with Gasteiger partial charge in [0.15, 0.2) is 0 Å².